The molecule has 22 heavy (non-hydrogen) atoms. The molecule has 3 rings (SSSR count). The number of hydrogen-bond acceptors (Lipinski definition) is 4. The minimum atomic E-state index is -0.0644. The van der Waals surface area contributed by atoms with Gasteiger partial charge in [-0.05, 0) is 16.3 Å². The van der Waals surface area contributed by atoms with Gasteiger partial charge in [0.2, 0.25) is 11.0 Å². The molecule has 112 valence electrons. The van der Waals surface area contributed by atoms with Gasteiger partial charge >= 0.3 is 0 Å². The van der Waals surface area contributed by atoms with Crippen molar-refractivity contribution in [3.05, 3.63) is 53.0 Å². The maximum Gasteiger partial charge on any atom is 0.228 e. The fraction of sp³-hybridized carbons (Fsp3) is 0.235. The van der Waals surface area contributed by atoms with Crippen LogP contribution in [0.1, 0.15) is 24.4 Å². The van der Waals surface area contributed by atoms with Gasteiger partial charge < -0.3 is 5.32 Å². The van der Waals surface area contributed by atoms with E-state index in [1.165, 1.54) is 27.7 Å². The topological polar surface area (TPSA) is 54.9 Å². The Balaban J connectivity index is 1.81. The molecule has 1 aromatic heterocycles. The van der Waals surface area contributed by atoms with Crippen LogP contribution in [0.2, 0.25) is 0 Å². The zero-order valence-electron chi connectivity index (χ0n) is 12.5. The third kappa shape index (κ3) is 3.14. The van der Waals surface area contributed by atoms with E-state index < -0.39 is 0 Å². The van der Waals surface area contributed by atoms with E-state index in [4.69, 9.17) is 0 Å². The van der Waals surface area contributed by atoms with Gasteiger partial charge in [0, 0.05) is 12.3 Å². The number of nitrogens with one attached hydrogen (secondary N) is 1. The van der Waals surface area contributed by atoms with E-state index in [2.05, 4.69) is 45.8 Å². The highest BCUT2D eigenvalue weighted by molar-refractivity contribution is 7.15. The third-order valence-corrected chi connectivity index (χ3v) is 4.28. The highest BCUT2D eigenvalue weighted by Gasteiger charge is 2.12. The molecule has 0 aliphatic heterocycles. The Kier molecular flexibility index (Phi) is 4.15. The number of amides is 1. The summed E-state index contributed by atoms with van der Waals surface area (Å²) in [5.74, 6) is -0.0988. The summed E-state index contributed by atoms with van der Waals surface area (Å²) in [5.41, 5.74) is 1.22. The molecule has 0 unspecified atom stereocenters. The van der Waals surface area contributed by atoms with Crippen molar-refractivity contribution in [1.82, 2.24) is 10.2 Å². The lowest BCUT2D eigenvalue weighted by molar-refractivity contribution is -0.118. The molecular weight excluding hydrogens is 294 g/mol. The van der Waals surface area contributed by atoms with Crippen molar-refractivity contribution in [2.75, 3.05) is 5.32 Å². The second kappa shape index (κ2) is 6.23. The van der Waals surface area contributed by atoms with Gasteiger partial charge in [-0.2, -0.15) is 0 Å². The highest BCUT2D eigenvalue weighted by atomic mass is 32.1. The lowest BCUT2D eigenvalue weighted by Gasteiger charge is -2.04. The number of carbonyl (C=O) groups is 1. The van der Waals surface area contributed by atoms with Crippen molar-refractivity contribution in [2.24, 2.45) is 5.92 Å². The number of anilines is 1. The normalized spacial score (nSPS) is 11.0. The molecule has 1 N–H and O–H groups in total. The fourth-order valence-electron chi connectivity index (χ4n) is 2.23. The first-order valence-electron chi connectivity index (χ1n) is 7.23. The van der Waals surface area contributed by atoms with Crippen molar-refractivity contribution < 1.29 is 4.79 Å². The lowest BCUT2D eigenvalue weighted by Crippen LogP contribution is -2.17. The fourth-order valence-corrected chi connectivity index (χ4v) is 3.00. The highest BCUT2D eigenvalue weighted by Crippen LogP contribution is 2.24. The number of aromatic nitrogens is 2. The van der Waals surface area contributed by atoms with Crippen molar-refractivity contribution >= 4 is 33.1 Å². The quantitative estimate of drug-likeness (QED) is 0.795. The molecule has 1 amide bonds. The Morgan fingerprint density at radius 2 is 1.91 bits per heavy atom. The Labute approximate surface area is 133 Å². The van der Waals surface area contributed by atoms with Crippen LogP contribution >= 0.6 is 11.3 Å². The number of carbonyl (C=O) groups excluding carboxylic acids is 1. The number of nitrogens with zero attached hydrogens (tertiary/aromatic N) is 2. The summed E-state index contributed by atoms with van der Waals surface area (Å²) >= 11 is 1.43. The molecule has 0 spiro atoms. The van der Waals surface area contributed by atoms with Gasteiger partial charge in [0.1, 0.15) is 5.01 Å². The van der Waals surface area contributed by atoms with E-state index in [0.717, 1.165) is 11.4 Å². The van der Waals surface area contributed by atoms with Crippen LogP contribution in [-0.4, -0.2) is 16.1 Å². The Morgan fingerprint density at radius 1 is 1.14 bits per heavy atom. The molecule has 1 heterocycles. The van der Waals surface area contributed by atoms with Gasteiger partial charge in [0.15, 0.2) is 0 Å². The maximum absolute atomic E-state index is 11.7. The minimum Gasteiger partial charge on any atom is -0.300 e. The number of rotatable bonds is 4. The average Bonchev–Trinajstić information content (AvgIpc) is 2.94. The van der Waals surface area contributed by atoms with Gasteiger partial charge in [-0.25, -0.2) is 0 Å². The van der Waals surface area contributed by atoms with Gasteiger partial charge in [-0.1, -0.05) is 67.6 Å². The average molecular weight is 311 g/mol. The predicted octanol–water partition coefficient (Wildman–Crippen LogP) is 3.88. The Bertz CT molecular complexity index is 805. The van der Waals surface area contributed by atoms with Gasteiger partial charge in [-0.3, -0.25) is 4.79 Å². The van der Waals surface area contributed by atoms with Crippen LogP contribution in [0.15, 0.2) is 42.5 Å². The molecule has 5 heteroatoms. The number of benzene rings is 2. The Hall–Kier alpha value is -2.27. The smallest absolute Gasteiger partial charge is 0.228 e. The predicted molar refractivity (Wildman–Crippen MR) is 90.1 cm³/mol. The van der Waals surface area contributed by atoms with E-state index in [0.29, 0.717) is 5.13 Å². The Morgan fingerprint density at radius 3 is 2.73 bits per heavy atom. The molecule has 4 nitrogen and oxygen atoms in total. The van der Waals surface area contributed by atoms with Gasteiger partial charge in [0.05, 0.1) is 0 Å². The number of fused-ring (bicyclic) bond motifs is 1. The van der Waals surface area contributed by atoms with Crippen molar-refractivity contribution in [2.45, 2.75) is 20.3 Å². The summed E-state index contributed by atoms with van der Waals surface area (Å²) in [5, 5.41) is 14.9. The first-order chi connectivity index (χ1) is 10.6. The van der Waals surface area contributed by atoms with E-state index in [9.17, 15) is 4.79 Å². The van der Waals surface area contributed by atoms with Crippen LogP contribution in [-0.2, 0) is 11.2 Å². The van der Waals surface area contributed by atoms with Crippen LogP contribution in [0.4, 0.5) is 5.13 Å². The molecule has 0 fully saturated rings. The third-order valence-electron chi connectivity index (χ3n) is 3.44. The van der Waals surface area contributed by atoms with E-state index in [-0.39, 0.29) is 11.8 Å². The van der Waals surface area contributed by atoms with Gasteiger partial charge in [-0.15, -0.1) is 10.2 Å². The molecule has 0 saturated heterocycles. The van der Waals surface area contributed by atoms with E-state index >= 15 is 0 Å². The molecule has 0 atom stereocenters. The van der Waals surface area contributed by atoms with Crippen LogP contribution in [0.5, 0.6) is 0 Å². The minimum absolute atomic E-state index is 0.0344. The molecule has 0 aliphatic carbocycles. The molecule has 0 radical (unpaired) electrons. The van der Waals surface area contributed by atoms with Crippen LogP contribution in [0.3, 0.4) is 0 Å². The van der Waals surface area contributed by atoms with Crippen molar-refractivity contribution in [3.63, 3.8) is 0 Å². The van der Waals surface area contributed by atoms with Gasteiger partial charge in [0.25, 0.3) is 0 Å². The van der Waals surface area contributed by atoms with Crippen LogP contribution in [0.25, 0.3) is 10.8 Å². The van der Waals surface area contributed by atoms with Crippen LogP contribution in [0, 0.1) is 5.92 Å². The summed E-state index contributed by atoms with van der Waals surface area (Å²) in [4.78, 5) is 11.7. The summed E-state index contributed by atoms with van der Waals surface area (Å²) < 4.78 is 0. The van der Waals surface area contributed by atoms with E-state index in [1.54, 1.807) is 0 Å². The monoisotopic (exact) mass is 311 g/mol. The van der Waals surface area contributed by atoms with E-state index in [1.807, 2.05) is 26.0 Å². The summed E-state index contributed by atoms with van der Waals surface area (Å²) in [6, 6.07) is 14.6. The maximum atomic E-state index is 11.7. The summed E-state index contributed by atoms with van der Waals surface area (Å²) in [6.07, 6.45) is 0.719. The summed E-state index contributed by atoms with van der Waals surface area (Å²) in [7, 11) is 0. The molecule has 0 aliphatic rings. The van der Waals surface area contributed by atoms with Crippen molar-refractivity contribution in [1.29, 1.82) is 0 Å². The molecule has 3 aromatic rings. The van der Waals surface area contributed by atoms with Crippen LogP contribution < -0.4 is 5.32 Å². The molecular formula is C17H17N3OS. The largest absolute Gasteiger partial charge is 0.300 e. The number of hydrogen-bond donors (Lipinski definition) is 1. The zero-order valence-corrected chi connectivity index (χ0v) is 13.4. The standard InChI is InChI=1S/C17H17N3OS/c1-11(2)16(21)18-17-20-19-15(22-17)10-13-8-5-7-12-6-3-4-9-14(12)13/h3-9,11H,10H2,1-2H3,(H,18,20,21). The molecule has 0 saturated carbocycles. The lowest BCUT2D eigenvalue weighted by atomic mass is 10.0. The molecule has 2 aromatic carbocycles. The summed E-state index contributed by atoms with van der Waals surface area (Å²) in [6.45, 7) is 3.71. The first kappa shape index (κ1) is 14.7. The first-order valence-corrected chi connectivity index (χ1v) is 8.05. The van der Waals surface area contributed by atoms with Crippen molar-refractivity contribution in [3.8, 4) is 0 Å². The second-order valence-corrected chi connectivity index (χ2v) is 6.52. The zero-order chi connectivity index (χ0) is 15.5. The second-order valence-electron chi connectivity index (χ2n) is 5.46. The molecule has 0 bridgehead atoms. The SMILES string of the molecule is CC(C)C(=O)Nc1nnc(Cc2cccc3ccccc23)s1.